The van der Waals surface area contributed by atoms with Crippen LogP contribution in [0.1, 0.15) is 23.6 Å². The van der Waals surface area contributed by atoms with Gasteiger partial charge in [-0.2, -0.15) is 0 Å². The Balaban J connectivity index is 1.56. The Morgan fingerprint density at radius 3 is 2.50 bits per heavy atom. The number of imide groups is 1. The molecule has 0 aliphatic carbocycles. The number of carbonyl (C=O) groups is 2. The highest BCUT2D eigenvalue weighted by molar-refractivity contribution is 9.10. The molecule has 0 unspecified atom stereocenters. The number of hydrogen-bond acceptors (Lipinski definition) is 4. The molecule has 4 rings (SSSR count). The van der Waals surface area contributed by atoms with Crippen LogP contribution in [0.15, 0.2) is 64.8 Å². The third-order valence-electron chi connectivity index (χ3n) is 5.29. The molecule has 3 aromatic rings. The molecule has 1 aliphatic rings. The molecular weight excluding hydrogens is 574 g/mol. The average molecular weight is 594 g/mol. The molecule has 0 bridgehead atoms. The van der Waals surface area contributed by atoms with Crippen molar-refractivity contribution < 1.29 is 23.5 Å². The lowest BCUT2D eigenvalue weighted by Crippen LogP contribution is -2.30. The zero-order valence-corrected chi connectivity index (χ0v) is 22.1. The number of amides is 3. The summed E-state index contributed by atoms with van der Waals surface area (Å²) in [6, 6.07) is 14.0. The first-order valence-corrected chi connectivity index (χ1v) is 12.4. The van der Waals surface area contributed by atoms with E-state index in [0.717, 1.165) is 10.5 Å². The molecular formula is C26H20BrCl2FN2O4. The van der Waals surface area contributed by atoms with E-state index in [0.29, 0.717) is 38.2 Å². The van der Waals surface area contributed by atoms with Gasteiger partial charge in [0.15, 0.2) is 11.5 Å². The molecule has 3 amide bonds. The van der Waals surface area contributed by atoms with Crippen molar-refractivity contribution in [3.05, 3.63) is 97.3 Å². The largest absolute Gasteiger partial charge is 0.490 e. The Bertz CT molecular complexity index is 1370. The molecule has 0 atom stereocenters. The van der Waals surface area contributed by atoms with Gasteiger partial charge in [0.05, 0.1) is 23.2 Å². The summed E-state index contributed by atoms with van der Waals surface area (Å²) in [5.41, 5.74) is 1.70. The van der Waals surface area contributed by atoms with Crippen molar-refractivity contribution in [2.75, 3.05) is 6.61 Å². The summed E-state index contributed by atoms with van der Waals surface area (Å²) in [6.45, 7) is 2.27. The number of urea groups is 1. The van der Waals surface area contributed by atoms with Gasteiger partial charge in [-0.3, -0.25) is 9.69 Å². The third kappa shape index (κ3) is 5.83. The van der Waals surface area contributed by atoms with Crippen molar-refractivity contribution in [3.63, 3.8) is 0 Å². The lowest BCUT2D eigenvalue weighted by atomic mass is 10.1. The Kier molecular flexibility index (Phi) is 8.18. The number of benzene rings is 3. The van der Waals surface area contributed by atoms with Crippen LogP contribution in [0.3, 0.4) is 0 Å². The second kappa shape index (κ2) is 11.3. The average Bonchev–Trinajstić information content (AvgIpc) is 3.11. The lowest BCUT2D eigenvalue weighted by Gasteiger charge is -2.14. The summed E-state index contributed by atoms with van der Waals surface area (Å²) in [5.74, 6) is -0.128. The molecule has 6 nitrogen and oxygen atoms in total. The van der Waals surface area contributed by atoms with E-state index in [2.05, 4.69) is 21.2 Å². The zero-order valence-electron chi connectivity index (χ0n) is 19.0. The molecule has 0 spiro atoms. The van der Waals surface area contributed by atoms with Crippen LogP contribution in [0.5, 0.6) is 11.5 Å². The fraction of sp³-hybridized carbons (Fsp3) is 0.154. The fourth-order valence-corrected chi connectivity index (χ4v) is 4.26. The summed E-state index contributed by atoms with van der Waals surface area (Å²) < 4.78 is 26.3. The number of hydrogen-bond donors (Lipinski definition) is 1. The van der Waals surface area contributed by atoms with E-state index >= 15 is 0 Å². The molecule has 1 heterocycles. The smallest absolute Gasteiger partial charge is 0.329 e. The van der Waals surface area contributed by atoms with Crippen molar-refractivity contribution in [1.82, 2.24) is 10.2 Å². The summed E-state index contributed by atoms with van der Waals surface area (Å²) >= 11 is 15.6. The van der Waals surface area contributed by atoms with Gasteiger partial charge in [0, 0.05) is 10.0 Å². The number of carbonyl (C=O) groups excluding carboxylic acids is 2. The van der Waals surface area contributed by atoms with E-state index in [1.807, 2.05) is 13.0 Å². The molecule has 0 radical (unpaired) electrons. The van der Waals surface area contributed by atoms with E-state index in [4.69, 9.17) is 32.7 Å². The maximum atomic E-state index is 14.0. The quantitative estimate of drug-likeness (QED) is 0.226. The van der Waals surface area contributed by atoms with Crippen molar-refractivity contribution in [2.24, 2.45) is 0 Å². The highest BCUT2D eigenvalue weighted by Crippen LogP contribution is 2.36. The number of rotatable bonds is 8. The van der Waals surface area contributed by atoms with Gasteiger partial charge in [-0.05, 0) is 54.5 Å². The first-order valence-electron chi connectivity index (χ1n) is 10.9. The maximum Gasteiger partial charge on any atom is 0.329 e. The normalized spacial score (nSPS) is 14.4. The topological polar surface area (TPSA) is 67.9 Å². The fourth-order valence-electron chi connectivity index (χ4n) is 3.50. The van der Waals surface area contributed by atoms with Crippen LogP contribution in [-0.4, -0.2) is 23.4 Å². The van der Waals surface area contributed by atoms with Gasteiger partial charge in [-0.25, -0.2) is 9.18 Å². The second-order valence-corrected chi connectivity index (χ2v) is 9.43. The van der Waals surface area contributed by atoms with Crippen molar-refractivity contribution >= 4 is 57.1 Å². The van der Waals surface area contributed by atoms with Crippen LogP contribution < -0.4 is 14.8 Å². The van der Waals surface area contributed by atoms with Crippen LogP contribution in [0, 0.1) is 5.82 Å². The minimum absolute atomic E-state index is 0.0592. The molecule has 3 aromatic carbocycles. The van der Waals surface area contributed by atoms with Gasteiger partial charge in [-0.15, -0.1) is 0 Å². The maximum absolute atomic E-state index is 14.0. The molecule has 186 valence electrons. The zero-order chi connectivity index (χ0) is 25.8. The summed E-state index contributed by atoms with van der Waals surface area (Å²) in [6.07, 6.45) is 1.52. The SMILES string of the molecule is CCOc1cc(/C=C2/NC(=O)N(Cc3ccccc3F)C2=O)c(Br)cc1OCc1ccc(Cl)c(Cl)c1. The monoisotopic (exact) mass is 592 g/mol. The minimum Gasteiger partial charge on any atom is -0.490 e. The first-order chi connectivity index (χ1) is 17.3. The summed E-state index contributed by atoms with van der Waals surface area (Å²) in [7, 11) is 0. The highest BCUT2D eigenvalue weighted by atomic mass is 79.9. The highest BCUT2D eigenvalue weighted by Gasteiger charge is 2.34. The van der Waals surface area contributed by atoms with Gasteiger partial charge < -0.3 is 14.8 Å². The lowest BCUT2D eigenvalue weighted by molar-refractivity contribution is -0.123. The molecule has 1 aliphatic heterocycles. The summed E-state index contributed by atoms with van der Waals surface area (Å²) in [5, 5.41) is 3.44. The van der Waals surface area contributed by atoms with Crippen molar-refractivity contribution in [3.8, 4) is 11.5 Å². The van der Waals surface area contributed by atoms with Gasteiger partial charge in [0.1, 0.15) is 18.1 Å². The van der Waals surface area contributed by atoms with Crippen LogP contribution in [0.4, 0.5) is 9.18 Å². The molecule has 36 heavy (non-hydrogen) atoms. The molecule has 1 fully saturated rings. The number of nitrogens with zero attached hydrogens (tertiary/aromatic N) is 1. The van der Waals surface area contributed by atoms with Gasteiger partial charge in [0.25, 0.3) is 5.91 Å². The van der Waals surface area contributed by atoms with E-state index in [1.54, 1.807) is 36.4 Å². The van der Waals surface area contributed by atoms with E-state index in [1.165, 1.54) is 18.2 Å². The standard InChI is InChI=1S/C26H20BrCl2FN2O4/c1-2-35-23-11-17(18(27)12-24(23)36-14-15-7-8-19(28)20(29)9-15)10-22-25(33)32(26(34)31-22)13-16-5-3-4-6-21(16)30/h3-12H,2,13-14H2,1H3,(H,31,34)/b22-10+. The minimum atomic E-state index is -0.628. The Morgan fingerprint density at radius 1 is 1.03 bits per heavy atom. The van der Waals surface area contributed by atoms with Crippen LogP contribution in [0.2, 0.25) is 10.0 Å². The number of ether oxygens (including phenoxy) is 2. The van der Waals surface area contributed by atoms with Gasteiger partial charge in [-0.1, -0.05) is 63.4 Å². The Hall–Kier alpha value is -3.07. The second-order valence-electron chi connectivity index (χ2n) is 7.76. The Labute approximate surface area is 225 Å². The van der Waals surface area contributed by atoms with Gasteiger partial charge >= 0.3 is 6.03 Å². The van der Waals surface area contributed by atoms with Crippen LogP contribution in [-0.2, 0) is 17.9 Å². The molecule has 1 N–H and O–H groups in total. The van der Waals surface area contributed by atoms with E-state index < -0.39 is 17.8 Å². The molecule has 10 heteroatoms. The predicted molar refractivity (Wildman–Crippen MR) is 140 cm³/mol. The summed E-state index contributed by atoms with van der Waals surface area (Å²) in [4.78, 5) is 26.3. The molecule has 0 aromatic heterocycles. The third-order valence-corrected chi connectivity index (χ3v) is 6.72. The first kappa shape index (κ1) is 26.0. The van der Waals surface area contributed by atoms with Gasteiger partial charge in [0.2, 0.25) is 0 Å². The van der Waals surface area contributed by atoms with E-state index in [9.17, 15) is 14.0 Å². The predicted octanol–water partition coefficient (Wildman–Crippen LogP) is 6.97. The Morgan fingerprint density at radius 2 is 1.78 bits per heavy atom. The van der Waals surface area contributed by atoms with Crippen LogP contribution in [0.25, 0.3) is 6.08 Å². The number of halogens is 4. The van der Waals surface area contributed by atoms with Crippen molar-refractivity contribution in [1.29, 1.82) is 0 Å². The molecule has 1 saturated heterocycles. The number of nitrogens with one attached hydrogen (secondary N) is 1. The van der Waals surface area contributed by atoms with E-state index in [-0.39, 0.29) is 24.4 Å². The molecule has 0 saturated carbocycles. The van der Waals surface area contributed by atoms with Crippen LogP contribution >= 0.6 is 39.1 Å². The van der Waals surface area contributed by atoms with Crippen molar-refractivity contribution in [2.45, 2.75) is 20.1 Å².